The molecule has 0 aliphatic carbocycles. The van der Waals surface area contributed by atoms with Gasteiger partial charge in [0, 0.05) is 25.2 Å². The number of rotatable bonds is 6. The molecule has 1 fully saturated rings. The van der Waals surface area contributed by atoms with Crippen LogP contribution in [0.25, 0.3) is 0 Å². The molecule has 0 radical (unpaired) electrons. The average Bonchev–Trinajstić information content (AvgIpc) is 3.14. The van der Waals surface area contributed by atoms with E-state index in [1.165, 1.54) is 24.0 Å². The zero-order valence-electron chi connectivity index (χ0n) is 16.1. The number of ether oxygens (including phenoxy) is 2. The topological polar surface area (TPSA) is 133 Å². The third kappa shape index (κ3) is 4.66. The van der Waals surface area contributed by atoms with Crippen LogP contribution in [0.1, 0.15) is 21.5 Å². The maximum Gasteiger partial charge on any atom is 0.322 e. The van der Waals surface area contributed by atoms with Gasteiger partial charge in [0.2, 0.25) is 5.88 Å². The number of urea groups is 1. The first-order valence-corrected chi connectivity index (χ1v) is 9.82. The van der Waals surface area contributed by atoms with Crippen molar-refractivity contribution in [3.05, 3.63) is 40.5 Å². The predicted molar refractivity (Wildman–Crippen MR) is 105 cm³/mol. The summed E-state index contributed by atoms with van der Waals surface area (Å²) in [4.78, 5) is 25.9. The Labute approximate surface area is 175 Å². The molecule has 3 rings (SSSR count). The summed E-state index contributed by atoms with van der Waals surface area (Å²) < 4.78 is 42.5. The van der Waals surface area contributed by atoms with Crippen LogP contribution in [0.2, 0.25) is 0 Å². The molecule has 0 bridgehead atoms. The number of hydrogen-bond acceptors (Lipinski definition) is 7. The zero-order chi connectivity index (χ0) is 21.8. The molecule has 3 amide bonds. The summed E-state index contributed by atoms with van der Waals surface area (Å²) in [7, 11) is 0. The first-order chi connectivity index (χ1) is 14.3. The van der Waals surface area contributed by atoms with E-state index in [9.17, 15) is 18.4 Å². The van der Waals surface area contributed by atoms with Crippen molar-refractivity contribution in [3.8, 4) is 5.88 Å². The Kier molecular flexibility index (Phi) is 6.80. The van der Waals surface area contributed by atoms with Crippen LogP contribution in [0.5, 0.6) is 5.88 Å². The quantitative estimate of drug-likeness (QED) is 0.624. The van der Waals surface area contributed by atoms with Crippen molar-refractivity contribution in [1.29, 1.82) is 0 Å². The number of carbonyl (C=O) groups is 2. The van der Waals surface area contributed by atoms with Crippen LogP contribution in [-0.2, 0) is 11.3 Å². The number of carbonyl (C=O) groups excluding carboxylic acids is 2. The number of amides is 3. The van der Waals surface area contributed by atoms with E-state index in [4.69, 9.17) is 20.9 Å². The second-order valence-corrected chi connectivity index (χ2v) is 7.39. The maximum absolute atomic E-state index is 14.0. The number of nitrogens with two attached hydrogens (primary N) is 2. The molecule has 1 atom stereocenters. The monoisotopic (exact) mass is 441 g/mol. The first kappa shape index (κ1) is 21.9. The van der Waals surface area contributed by atoms with Gasteiger partial charge in [0.1, 0.15) is 17.2 Å². The number of halogens is 2. The highest BCUT2D eigenvalue weighted by Gasteiger charge is 2.27. The molecule has 1 aliphatic heterocycles. The van der Waals surface area contributed by atoms with Gasteiger partial charge in [-0.05, 0) is 24.0 Å². The van der Waals surface area contributed by atoms with Gasteiger partial charge in [-0.1, -0.05) is 12.1 Å². The lowest BCUT2D eigenvalue weighted by atomic mass is 10.1. The van der Waals surface area contributed by atoms with Gasteiger partial charge in [-0.2, -0.15) is 4.37 Å². The smallest absolute Gasteiger partial charge is 0.322 e. The molecule has 1 aliphatic rings. The Balaban J connectivity index is 1.73. The lowest BCUT2D eigenvalue weighted by Gasteiger charge is -2.32. The Bertz CT molecular complexity index is 955. The van der Waals surface area contributed by atoms with E-state index in [1.807, 2.05) is 0 Å². The molecule has 2 aromatic rings. The molecule has 2 heterocycles. The van der Waals surface area contributed by atoms with Crippen molar-refractivity contribution >= 4 is 28.5 Å². The maximum atomic E-state index is 14.0. The van der Waals surface area contributed by atoms with E-state index < -0.39 is 23.6 Å². The van der Waals surface area contributed by atoms with Crippen molar-refractivity contribution in [3.63, 3.8) is 0 Å². The molecule has 5 N–H and O–H groups in total. The molecule has 9 nitrogen and oxygen atoms in total. The van der Waals surface area contributed by atoms with E-state index in [-0.39, 0.29) is 46.8 Å². The minimum Gasteiger partial charge on any atom is -0.471 e. The molecule has 12 heteroatoms. The van der Waals surface area contributed by atoms with Gasteiger partial charge in [0.15, 0.2) is 11.6 Å². The minimum atomic E-state index is -1.04. The van der Waals surface area contributed by atoms with Crippen molar-refractivity contribution < 1.29 is 27.8 Å². The number of aromatic nitrogens is 1. The first-order valence-electron chi connectivity index (χ1n) is 9.05. The highest BCUT2D eigenvalue weighted by atomic mass is 32.1. The van der Waals surface area contributed by atoms with E-state index in [1.54, 1.807) is 0 Å². The molecule has 0 spiro atoms. The SMILES string of the molecule is Cc1ccc(COc2nsc(NC(=O)N3CCOC(CN)C3)c2C(N)=O)c(F)c1F. The lowest BCUT2D eigenvalue weighted by Crippen LogP contribution is -2.49. The van der Waals surface area contributed by atoms with Crippen LogP contribution in [0.4, 0.5) is 18.6 Å². The highest BCUT2D eigenvalue weighted by molar-refractivity contribution is 7.11. The molecular weight excluding hydrogens is 420 g/mol. The summed E-state index contributed by atoms with van der Waals surface area (Å²) >= 11 is 0.790. The fourth-order valence-electron chi connectivity index (χ4n) is 2.84. The van der Waals surface area contributed by atoms with E-state index in [0.29, 0.717) is 19.7 Å². The fraction of sp³-hybridized carbons (Fsp3) is 0.389. The standard InChI is InChI=1S/C18H21F2N5O4S/c1-9-2-3-10(14(20)13(9)19)8-29-16-12(15(22)26)17(30-24-16)23-18(27)25-4-5-28-11(6-21)7-25/h2-3,11H,4-8,21H2,1H3,(H2,22,26)(H,23,27). The van der Waals surface area contributed by atoms with Crippen molar-refractivity contribution in [2.45, 2.75) is 19.6 Å². The number of nitrogens with one attached hydrogen (secondary N) is 1. The summed E-state index contributed by atoms with van der Waals surface area (Å²) in [5, 5.41) is 2.68. The van der Waals surface area contributed by atoms with E-state index in [2.05, 4.69) is 9.69 Å². The number of anilines is 1. The highest BCUT2D eigenvalue weighted by Crippen LogP contribution is 2.31. The van der Waals surface area contributed by atoms with Gasteiger partial charge in [-0.15, -0.1) is 0 Å². The molecule has 30 heavy (non-hydrogen) atoms. The molecular formula is C18H21F2N5O4S. The second-order valence-electron chi connectivity index (χ2n) is 6.62. The van der Waals surface area contributed by atoms with Gasteiger partial charge >= 0.3 is 6.03 Å². The number of aryl methyl sites for hydroxylation is 1. The predicted octanol–water partition coefficient (Wildman–Crippen LogP) is 1.60. The summed E-state index contributed by atoms with van der Waals surface area (Å²) in [5.41, 5.74) is 11.0. The number of benzene rings is 1. The van der Waals surface area contributed by atoms with Crippen molar-refractivity contribution in [2.75, 3.05) is 31.6 Å². The molecule has 162 valence electrons. The van der Waals surface area contributed by atoms with Crippen LogP contribution < -0.4 is 21.5 Å². The summed E-state index contributed by atoms with van der Waals surface area (Å²) in [6.45, 7) is 2.33. The second kappa shape index (κ2) is 9.32. The molecule has 1 unspecified atom stereocenters. The van der Waals surface area contributed by atoms with E-state index >= 15 is 0 Å². The Morgan fingerprint density at radius 1 is 1.40 bits per heavy atom. The number of morpholine rings is 1. The van der Waals surface area contributed by atoms with Gasteiger partial charge in [0.25, 0.3) is 5.91 Å². The van der Waals surface area contributed by atoms with Crippen molar-refractivity contribution in [2.24, 2.45) is 11.5 Å². The van der Waals surface area contributed by atoms with Gasteiger partial charge in [-0.25, -0.2) is 13.6 Å². The molecule has 1 saturated heterocycles. The van der Waals surface area contributed by atoms with Crippen LogP contribution in [0, 0.1) is 18.6 Å². The molecule has 1 aromatic heterocycles. The summed E-state index contributed by atoms with van der Waals surface area (Å²) in [6, 6.07) is 2.32. The van der Waals surface area contributed by atoms with Crippen LogP contribution in [-0.4, -0.2) is 53.6 Å². The van der Waals surface area contributed by atoms with Gasteiger partial charge < -0.3 is 25.8 Å². The Morgan fingerprint density at radius 3 is 2.87 bits per heavy atom. The Morgan fingerprint density at radius 2 is 2.17 bits per heavy atom. The van der Waals surface area contributed by atoms with Crippen LogP contribution in [0.3, 0.4) is 0 Å². The van der Waals surface area contributed by atoms with Crippen LogP contribution >= 0.6 is 11.5 Å². The summed E-state index contributed by atoms with van der Waals surface area (Å²) in [5.74, 6) is -3.07. The van der Waals surface area contributed by atoms with E-state index in [0.717, 1.165) is 11.5 Å². The third-order valence-electron chi connectivity index (χ3n) is 4.54. The van der Waals surface area contributed by atoms with Gasteiger partial charge in [-0.3, -0.25) is 10.1 Å². The van der Waals surface area contributed by atoms with Crippen molar-refractivity contribution in [1.82, 2.24) is 9.27 Å². The summed E-state index contributed by atoms with van der Waals surface area (Å²) in [6.07, 6.45) is -0.273. The number of primary amides is 1. The lowest BCUT2D eigenvalue weighted by molar-refractivity contribution is -0.00659. The number of nitrogens with zero attached hydrogens (tertiary/aromatic N) is 2. The Hall–Kier alpha value is -2.83. The normalized spacial score (nSPS) is 16.4. The van der Waals surface area contributed by atoms with Gasteiger partial charge in [0.05, 0.1) is 12.7 Å². The number of hydrogen-bond donors (Lipinski definition) is 3. The minimum absolute atomic E-state index is 0.0479. The third-order valence-corrected chi connectivity index (χ3v) is 5.28. The molecule has 1 aromatic carbocycles. The fourth-order valence-corrected chi connectivity index (χ4v) is 3.57. The molecule has 0 saturated carbocycles. The largest absolute Gasteiger partial charge is 0.471 e. The average molecular weight is 441 g/mol. The zero-order valence-corrected chi connectivity index (χ0v) is 16.9. The van der Waals surface area contributed by atoms with Crippen LogP contribution in [0.15, 0.2) is 12.1 Å².